The van der Waals surface area contributed by atoms with E-state index >= 15 is 0 Å². The van der Waals surface area contributed by atoms with Gasteiger partial charge in [-0.3, -0.25) is 14.9 Å². The zero-order chi connectivity index (χ0) is 12.8. The van der Waals surface area contributed by atoms with Crippen molar-refractivity contribution in [3.8, 4) is 0 Å². The average Bonchev–Trinajstić information content (AvgIpc) is 2.29. The van der Waals surface area contributed by atoms with Gasteiger partial charge in [-0.1, -0.05) is 19.8 Å². The fraction of sp³-hybridized carbons (Fsp3) is 0.833. The lowest BCUT2D eigenvalue weighted by atomic mass is 9.86. The average molecular weight is 242 g/mol. The largest absolute Gasteiger partial charge is 0.480 e. The van der Waals surface area contributed by atoms with Gasteiger partial charge in [0.2, 0.25) is 5.91 Å². The predicted octanol–water partition coefficient (Wildman–Crippen LogP) is 0.744. The Morgan fingerprint density at radius 2 is 2.00 bits per heavy atom. The zero-order valence-electron chi connectivity index (χ0n) is 10.5. The number of aliphatic carboxylic acids is 1. The van der Waals surface area contributed by atoms with Gasteiger partial charge < -0.3 is 10.4 Å². The normalized spacial score (nSPS) is 26.2. The number of carboxylic acid groups (broad SMARTS) is 1. The fourth-order valence-electron chi connectivity index (χ4n) is 2.12. The van der Waals surface area contributed by atoms with Crippen molar-refractivity contribution in [2.75, 3.05) is 6.54 Å². The van der Waals surface area contributed by atoms with Gasteiger partial charge in [-0.15, -0.1) is 0 Å². The molecule has 3 atom stereocenters. The molecule has 98 valence electrons. The summed E-state index contributed by atoms with van der Waals surface area (Å²) in [6.07, 6.45) is 4.58. The minimum atomic E-state index is -0.941. The lowest BCUT2D eigenvalue weighted by Gasteiger charge is -2.29. The highest BCUT2D eigenvalue weighted by molar-refractivity contribution is 5.80. The van der Waals surface area contributed by atoms with Crippen LogP contribution in [0.1, 0.15) is 39.5 Å². The van der Waals surface area contributed by atoms with Crippen LogP contribution < -0.4 is 10.6 Å². The summed E-state index contributed by atoms with van der Waals surface area (Å²) >= 11 is 0. The molecule has 1 saturated carbocycles. The van der Waals surface area contributed by atoms with Crippen LogP contribution in [-0.2, 0) is 9.59 Å². The number of carbonyl (C=O) groups is 2. The monoisotopic (exact) mass is 242 g/mol. The first kappa shape index (κ1) is 14.0. The number of nitrogens with one attached hydrogen (secondary N) is 2. The molecule has 0 spiro atoms. The van der Waals surface area contributed by atoms with Crippen LogP contribution in [0.25, 0.3) is 0 Å². The van der Waals surface area contributed by atoms with Crippen LogP contribution in [0.5, 0.6) is 0 Å². The molecule has 0 bridgehead atoms. The van der Waals surface area contributed by atoms with Gasteiger partial charge in [0.15, 0.2) is 0 Å². The SMILES string of the molecule is CC(NCC(=O)NC1CCCCC1C)C(=O)O. The van der Waals surface area contributed by atoms with Crippen molar-refractivity contribution in [3.63, 3.8) is 0 Å². The second-order valence-corrected chi connectivity index (χ2v) is 4.88. The number of carbonyl (C=O) groups excluding carboxylic acids is 1. The molecule has 0 aromatic carbocycles. The van der Waals surface area contributed by atoms with Crippen LogP contribution in [0.4, 0.5) is 0 Å². The summed E-state index contributed by atoms with van der Waals surface area (Å²) in [6, 6.07) is -0.442. The Morgan fingerprint density at radius 3 is 2.59 bits per heavy atom. The maximum Gasteiger partial charge on any atom is 0.320 e. The summed E-state index contributed by atoms with van der Waals surface area (Å²) in [6.45, 7) is 3.74. The van der Waals surface area contributed by atoms with E-state index in [0.717, 1.165) is 19.3 Å². The van der Waals surface area contributed by atoms with E-state index in [2.05, 4.69) is 17.6 Å². The van der Waals surface area contributed by atoms with E-state index in [1.54, 1.807) is 0 Å². The molecule has 5 nitrogen and oxygen atoms in total. The van der Waals surface area contributed by atoms with E-state index in [-0.39, 0.29) is 18.5 Å². The maximum atomic E-state index is 11.6. The summed E-state index contributed by atoms with van der Waals surface area (Å²) in [7, 11) is 0. The summed E-state index contributed by atoms with van der Waals surface area (Å²) in [5.74, 6) is -0.537. The molecule has 3 unspecified atom stereocenters. The summed E-state index contributed by atoms with van der Waals surface area (Å²) in [4.78, 5) is 22.2. The van der Waals surface area contributed by atoms with Crippen molar-refractivity contribution < 1.29 is 14.7 Å². The van der Waals surface area contributed by atoms with Crippen LogP contribution in [0, 0.1) is 5.92 Å². The molecule has 3 N–H and O–H groups in total. The van der Waals surface area contributed by atoms with Gasteiger partial charge >= 0.3 is 5.97 Å². The molecule has 0 aromatic rings. The van der Waals surface area contributed by atoms with Gasteiger partial charge in [-0.2, -0.15) is 0 Å². The molecule has 0 aliphatic heterocycles. The maximum absolute atomic E-state index is 11.6. The van der Waals surface area contributed by atoms with Crippen molar-refractivity contribution in [2.45, 2.75) is 51.6 Å². The van der Waals surface area contributed by atoms with Crippen LogP contribution in [0.3, 0.4) is 0 Å². The Balaban J connectivity index is 2.26. The van der Waals surface area contributed by atoms with Crippen LogP contribution >= 0.6 is 0 Å². The molecule has 0 saturated heterocycles. The van der Waals surface area contributed by atoms with Crippen LogP contribution in [0.15, 0.2) is 0 Å². The Hall–Kier alpha value is -1.10. The standard InChI is InChI=1S/C12H22N2O3/c1-8-5-3-4-6-10(8)14-11(15)7-13-9(2)12(16)17/h8-10,13H,3-7H2,1-2H3,(H,14,15)(H,16,17). The quantitative estimate of drug-likeness (QED) is 0.664. The smallest absolute Gasteiger partial charge is 0.320 e. The van der Waals surface area contributed by atoms with E-state index < -0.39 is 12.0 Å². The van der Waals surface area contributed by atoms with E-state index in [9.17, 15) is 9.59 Å². The molecule has 5 heteroatoms. The van der Waals surface area contributed by atoms with Gasteiger partial charge in [-0.05, 0) is 25.7 Å². The number of rotatable bonds is 5. The van der Waals surface area contributed by atoms with Gasteiger partial charge in [-0.25, -0.2) is 0 Å². The number of amides is 1. The molecule has 0 heterocycles. The summed E-state index contributed by atoms with van der Waals surface area (Å²) < 4.78 is 0. The molecule has 1 fully saturated rings. The van der Waals surface area contributed by atoms with Crippen molar-refractivity contribution in [1.82, 2.24) is 10.6 Å². The number of hydrogen-bond acceptors (Lipinski definition) is 3. The number of hydrogen-bond donors (Lipinski definition) is 3. The third-order valence-electron chi connectivity index (χ3n) is 3.40. The van der Waals surface area contributed by atoms with Gasteiger partial charge in [0.05, 0.1) is 6.54 Å². The van der Waals surface area contributed by atoms with E-state index in [0.29, 0.717) is 5.92 Å². The Morgan fingerprint density at radius 1 is 1.35 bits per heavy atom. The first-order valence-electron chi connectivity index (χ1n) is 6.26. The van der Waals surface area contributed by atoms with Gasteiger partial charge in [0.25, 0.3) is 0 Å². The third-order valence-corrected chi connectivity index (χ3v) is 3.40. The van der Waals surface area contributed by atoms with Crippen molar-refractivity contribution in [3.05, 3.63) is 0 Å². The highest BCUT2D eigenvalue weighted by atomic mass is 16.4. The second-order valence-electron chi connectivity index (χ2n) is 4.88. The molecule has 1 rings (SSSR count). The van der Waals surface area contributed by atoms with E-state index in [1.807, 2.05) is 0 Å². The zero-order valence-corrected chi connectivity index (χ0v) is 10.5. The first-order valence-corrected chi connectivity index (χ1v) is 6.26. The van der Waals surface area contributed by atoms with Crippen LogP contribution in [0.2, 0.25) is 0 Å². The Kier molecular flexibility index (Phi) is 5.41. The minimum absolute atomic E-state index is 0.0662. The Bertz CT molecular complexity index is 281. The molecule has 1 aliphatic carbocycles. The molecular formula is C12H22N2O3. The lowest BCUT2D eigenvalue weighted by Crippen LogP contribution is -2.47. The predicted molar refractivity (Wildman–Crippen MR) is 64.7 cm³/mol. The first-order chi connectivity index (χ1) is 8.00. The third kappa shape index (κ3) is 4.73. The molecule has 17 heavy (non-hydrogen) atoms. The Labute approximate surface area is 102 Å². The highest BCUT2D eigenvalue weighted by Gasteiger charge is 2.22. The molecule has 0 radical (unpaired) electrons. The lowest BCUT2D eigenvalue weighted by molar-refractivity contribution is -0.139. The molecular weight excluding hydrogens is 220 g/mol. The second kappa shape index (κ2) is 6.59. The molecule has 0 aromatic heterocycles. The molecule has 1 amide bonds. The van der Waals surface area contributed by atoms with E-state index in [1.165, 1.54) is 13.3 Å². The topological polar surface area (TPSA) is 78.4 Å². The molecule has 1 aliphatic rings. The van der Waals surface area contributed by atoms with Crippen molar-refractivity contribution in [1.29, 1.82) is 0 Å². The highest BCUT2D eigenvalue weighted by Crippen LogP contribution is 2.23. The fourth-order valence-corrected chi connectivity index (χ4v) is 2.12. The van der Waals surface area contributed by atoms with Crippen molar-refractivity contribution in [2.24, 2.45) is 5.92 Å². The van der Waals surface area contributed by atoms with Gasteiger partial charge in [0.1, 0.15) is 6.04 Å². The van der Waals surface area contributed by atoms with Gasteiger partial charge in [0, 0.05) is 6.04 Å². The number of carboxylic acids is 1. The van der Waals surface area contributed by atoms with Crippen molar-refractivity contribution >= 4 is 11.9 Å². The van der Waals surface area contributed by atoms with E-state index in [4.69, 9.17) is 5.11 Å². The minimum Gasteiger partial charge on any atom is -0.480 e. The summed E-state index contributed by atoms with van der Waals surface area (Å²) in [5, 5.41) is 14.3. The summed E-state index contributed by atoms with van der Waals surface area (Å²) in [5.41, 5.74) is 0. The van der Waals surface area contributed by atoms with Crippen LogP contribution in [-0.4, -0.2) is 35.6 Å².